The van der Waals surface area contributed by atoms with Gasteiger partial charge in [-0.1, -0.05) is 0 Å². The molecule has 0 aromatic heterocycles. The smallest absolute Gasteiger partial charge is 0.333 e. The summed E-state index contributed by atoms with van der Waals surface area (Å²) in [7, 11) is 1.36. The van der Waals surface area contributed by atoms with Gasteiger partial charge in [-0.3, -0.25) is 0 Å². The minimum Gasteiger partial charge on any atom is -0.466 e. The maximum Gasteiger partial charge on any atom is 0.333 e. The summed E-state index contributed by atoms with van der Waals surface area (Å²) in [6.45, 7) is 5.85. The van der Waals surface area contributed by atoms with E-state index in [-0.39, 0.29) is 12.1 Å². The van der Waals surface area contributed by atoms with E-state index in [1.807, 2.05) is 13.8 Å². The van der Waals surface area contributed by atoms with Crippen LogP contribution in [0.4, 0.5) is 0 Å². The zero-order valence-electron chi connectivity index (χ0n) is 8.99. The molecule has 1 rings (SSSR count). The zero-order chi connectivity index (χ0) is 10.8. The van der Waals surface area contributed by atoms with Gasteiger partial charge >= 0.3 is 5.97 Å². The predicted molar refractivity (Wildman–Crippen MR) is 50.7 cm³/mol. The van der Waals surface area contributed by atoms with Crippen LogP contribution >= 0.6 is 0 Å². The van der Waals surface area contributed by atoms with Crippen LogP contribution in [-0.4, -0.2) is 31.6 Å². The Morgan fingerprint density at radius 2 is 2.21 bits per heavy atom. The molecule has 1 atom stereocenters. The molecule has 0 radical (unpaired) electrons. The minimum absolute atomic E-state index is 0.163. The fourth-order valence-corrected chi connectivity index (χ4v) is 1.31. The number of hydrogen-bond donors (Lipinski definition) is 0. The molecule has 1 unspecified atom stereocenters. The van der Waals surface area contributed by atoms with Crippen LogP contribution in [0.3, 0.4) is 0 Å². The van der Waals surface area contributed by atoms with Crippen molar-refractivity contribution in [3.05, 3.63) is 11.6 Å². The molecule has 1 heterocycles. The summed E-state index contributed by atoms with van der Waals surface area (Å²) < 4.78 is 15.4. The fourth-order valence-electron chi connectivity index (χ4n) is 1.31. The van der Waals surface area contributed by atoms with Crippen molar-refractivity contribution in [2.45, 2.75) is 32.7 Å². The Hall–Kier alpha value is -0.870. The lowest BCUT2D eigenvalue weighted by molar-refractivity contribution is -0.137. The second-order valence-corrected chi connectivity index (χ2v) is 3.71. The molecule has 0 N–H and O–H groups in total. The molecule has 80 valence electrons. The van der Waals surface area contributed by atoms with Gasteiger partial charge < -0.3 is 14.2 Å². The maximum absolute atomic E-state index is 11.1. The van der Waals surface area contributed by atoms with Gasteiger partial charge in [0.25, 0.3) is 0 Å². The maximum atomic E-state index is 11.1. The number of esters is 1. The van der Waals surface area contributed by atoms with Crippen LogP contribution in [0.2, 0.25) is 0 Å². The lowest BCUT2D eigenvalue weighted by Crippen LogP contribution is -2.21. The van der Waals surface area contributed by atoms with Crippen molar-refractivity contribution in [2.24, 2.45) is 0 Å². The lowest BCUT2D eigenvalue weighted by Gasteiger charge is -2.15. The van der Waals surface area contributed by atoms with Gasteiger partial charge in [0.2, 0.25) is 0 Å². The molecule has 1 aliphatic heterocycles. The van der Waals surface area contributed by atoms with Crippen molar-refractivity contribution >= 4 is 5.97 Å². The molecule has 1 saturated heterocycles. The lowest BCUT2D eigenvalue weighted by atomic mass is 10.2. The van der Waals surface area contributed by atoms with Crippen molar-refractivity contribution in [2.75, 3.05) is 13.7 Å². The number of methoxy groups -OCH3 is 1. The van der Waals surface area contributed by atoms with Crippen molar-refractivity contribution in [3.8, 4) is 0 Å². The van der Waals surface area contributed by atoms with Gasteiger partial charge in [-0.05, 0) is 26.8 Å². The molecule has 0 aromatic carbocycles. The summed E-state index contributed by atoms with van der Waals surface area (Å²) in [4.78, 5) is 11.1. The first-order valence-electron chi connectivity index (χ1n) is 4.53. The highest BCUT2D eigenvalue weighted by molar-refractivity contribution is 5.87. The normalized spacial score (nSPS) is 26.3. The van der Waals surface area contributed by atoms with E-state index in [2.05, 4.69) is 4.74 Å². The topological polar surface area (TPSA) is 44.8 Å². The number of carbonyl (C=O) groups is 1. The molecular weight excluding hydrogens is 184 g/mol. The fraction of sp³-hybridized carbons (Fsp3) is 0.700. The van der Waals surface area contributed by atoms with Gasteiger partial charge in [0.1, 0.15) is 6.10 Å². The predicted octanol–water partition coefficient (Wildman–Crippen LogP) is 1.26. The largest absolute Gasteiger partial charge is 0.466 e. The first-order valence-corrected chi connectivity index (χ1v) is 4.53. The van der Waals surface area contributed by atoms with Gasteiger partial charge in [0.05, 0.1) is 13.7 Å². The van der Waals surface area contributed by atoms with E-state index in [0.717, 1.165) is 0 Å². The van der Waals surface area contributed by atoms with E-state index in [4.69, 9.17) is 9.47 Å². The first-order chi connectivity index (χ1) is 6.44. The van der Waals surface area contributed by atoms with E-state index < -0.39 is 5.79 Å². The van der Waals surface area contributed by atoms with Gasteiger partial charge in [0.15, 0.2) is 5.79 Å². The molecule has 1 fully saturated rings. The van der Waals surface area contributed by atoms with Crippen LogP contribution in [0, 0.1) is 0 Å². The molecule has 1 aliphatic rings. The monoisotopic (exact) mass is 200 g/mol. The van der Waals surface area contributed by atoms with E-state index in [1.54, 1.807) is 13.0 Å². The SMILES string of the molecule is COC(=O)/C(C)=C/C1COC(C)(C)O1. The van der Waals surface area contributed by atoms with Crippen LogP contribution in [0.5, 0.6) is 0 Å². The second kappa shape index (κ2) is 4.11. The summed E-state index contributed by atoms with van der Waals surface area (Å²) in [5.41, 5.74) is 0.541. The molecule has 0 spiro atoms. The Balaban J connectivity index is 2.57. The first kappa shape index (κ1) is 11.2. The number of rotatable bonds is 2. The molecule has 0 saturated carbocycles. The third-order valence-corrected chi connectivity index (χ3v) is 1.97. The molecule has 0 aromatic rings. The minimum atomic E-state index is -0.558. The molecule has 0 amide bonds. The van der Waals surface area contributed by atoms with Crippen LogP contribution in [0.15, 0.2) is 11.6 Å². The quantitative estimate of drug-likeness (QED) is 0.497. The molecule has 4 heteroatoms. The van der Waals surface area contributed by atoms with Crippen LogP contribution in [0.25, 0.3) is 0 Å². The van der Waals surface area contributed by atoms with Crippen molar-refractivity contribution in [1.29, 1.82) is 0 Å². The number of ether oxygens (including phenoxy) is 3. The van der Waals surface area contributed by atoms with E-state index in [9.17, 15) is 4.79 Å². The van der Waals surface area contributed by atoms with E-state index >= 15 is 0 Å². The Bertz CT molecular complexity index is 255. The average molecular weight is 200 g/mol. The number of hydrogen-bond acceptors (Lipinski definition) is 4. The van der Waals surface area contributed by atoms with Crippen molar-refractivity contribution in [1.82, 2.24) is 0 Å². The van der Waals surface area contributed by atoms with E-state index in [1.165, 1.54) is 7.11 Å². The Morgan fingerprint density at radius 1 is 1.57 bits per heavy atom. The third kappa shape index (κ3) is 2.82. The Morgan fingerprint density at radius 3 is 2.64 bits per heavy atom. The second-order valence-electron chi connectivity index (χ2n) is 3.71. The van der Waals surface area contributed by atoms with Gasteiger partial charge in [0, 0.05) is 5.57 Å². The standard InChI is InChI=1S/C10H16O4/c1-7(9(11)12-4)5-8-6-13-10(2,3)14-8/h5,8H,6H2,1-4H3/b7-5+. The number of carbonyl (C=O) groups excluding carboxylic acids is 1. The Labute approximate surface area is 83.8 Å². The van der Waals surface area contributed by atoms with Gasteiger partial charge in [-0.15, -0.1) is 0 Å². The molecular formula is C10H16O4. The summed E-state index contributed by atoms with van der Waals surface area (Å²) in [5.74, 6) is -0.893. The highest BCUT2D eigenvalue weighted by atomic mass is 16.7. The Kier molecular flexibility index (Phi) is 3.29. The van der Waals surface area contributed by atoms with Gasteiger partial charge in [-0.2, -0.15) is 0 Å². The summed E-state index contributed by atoms with van der Waals surface area (Å²) in [6.07, 6.45) is 1.56. The van der Waals surface area contributed by atoms with Gasteiger partial charge in [-0.25, -0.2) is 4.79 Å². The zero-order valence-corrected chi connectivity index (χ0v) is 8.99. The third-order valence-electron chi connectivity index (χ3n) is 1.97. The van der Waals surface area contributed by atoms with Crippen molar-refractivity contribution in [3.63, 3.8) is 0 Å². The summed E-state index contributed by atoms with van der Waals surface area (Å²) >= 11 is 0. The molecule has 14 heavy (non-hydrogen) atoms. The highest BCUT2D eigenvalue weighted by Crippen LogP contribution is 2.23. The summed E-state index contributed by atoms with van der Waals surface area (Å²) in [6, 6.07) is 0. The molecule has 4 nitrogen and oxygen atoms in total. The van der Waals surface area contributed by atoms with Crippen molar-refractivity contribution < 1.29 is 19.0 Å². The van der Waals surface area contributed by atoms with Crippen LogP contribution in [0.1, 0.15) is 20.8 Å². The summed E-state index contributed by atoms with van der Waals surface area (Å²) in [5, 5.41) is 0. The highest BCUT2D eigenvalue weighted by Gasteiger charge is 2.31. The van der Waals surface area contributed by atoms with Crippen LogP contribution in [-0.2, 0) is 19.0 Å². The average Bonchev–Trinajstić information content (AvgIpc) is 2.44. The van der Waals surface area contributed by atoms with E-state index in [0.29, 0.717) is 12.2 Å². The van der Waals surface area contributed by atoms with Crippen LogP contribution < -0.4 is 0 Å². The molecule has 0 bridgehead atoms. The molecule has 0 aliphatic carbocycles.